The van der Waals surface area contributed by atoms with E-state index in [0.29, 0.717) is 10.6 Å². The molecular formula is C15H11Cl3O2. The molecule has 0 bridgehead atoms. The Morgan fingerprint density at radius 3 is 2.10 bits per heavy atom. The van der Waals surface area contributed by atoms with Gasteiger partial charge in [0.1, 0.15) is 0 Å². The summed E-state index contributed by atoms with van der Waals surface area (Å²) in [6.07, 6.45) is 0.907. The first kappa shape index (κ1) is 15.2. The van der Waals surface area contributed by atoms with E-state index in [1.165, 1.54) is 12.1 Å². The van der Waals surface area contributed by atoms with Gasteiger partial charge in [-0.3, -0.25) is 0 Å². The highest BCUT2D eigenvalue weighted by Gasteiger charge is 2.15. The van der Waals surface area contributed by atoms with Crippen LogP contribution in [0.5, 0.6) is 5.75 Å². The molecule has 0 aliphatic carbocycles. The van der Waals surface area contributed by atoms with E-state index in [1.54, 1.807) is 12.1 Å². The van der Waals surface area contributed by atoms with Crippen molar-refractivity contribution in [1.29, 1.82) is 0 Å². The van der Waals surface area contributed by atoms with Gasteiger partial charge in [0.05, 0.1) is 15.6 Å². The second-order valence-electron chi connectivity index (χ2n) is 4.14. The summed E-state index contributed by atoms with van der Waals surface area (Å²) in [5.41, 5.74) is 1.58. The van der Waals surface area contributed by atoms with Crippen molar-refractivity contribution in [1.82, 2.24) is 0 Å². The van der Waals surface area contributed by atoms with Crippen molar-refractivity contribution in [2.24, 2.45) is 0 Å². The number of rotatable bonds is 3. The SMILES string of the molecule is CCc1ccc(C(=O)Oc2c(Cl)cc(Cl)cc2Cl)cc1. The lowest BCUT2D eigenvalue weighted by Gasteiger charge is -2.09. The molecule has 0 aliphatic heterocycles. The molecule has 2 nitrogen and oxygen atoms in total. The summed E-state index contributed by atoms with van der Waals surface area (Å²) in [6.45, 7) is 2.04. The Bertz CT molecular complexity index is 613. The first-order valence-electron chi connectivity index (χ1n) is 5.97. The van der Waals surface area contributed by atoms with Gasteiger partial charge < -0.3 is 4.74 Å². The topological polar surface area (TPSA) is 26.3 Å². The minimum atomic E-state index is -0.515. The van der Waals surface area contributed by atoms with E-state index in [-0.39, 0.29) is 15.8 Å². The monoisotopic (exact) mass is 328 g/mol. The number of aryl methyl sites for hydroxylation is 1. The second kappa shape index (κ2) is 6.49. The van der Waals surface area contributed by atoms with Gasteiger partial charge in [0.15, 0.2) is 5.75 Å². The van der Waals surface area contributed by atoms with Crippen molar-refractivity contribution >= 4 is 40.8 Å². The minimum Gasteiger partial charge on any atom is -0.420 e. The summed E-state index contributed by atoms with van der Waals surface area (Å²) in [6, 6.07) is 10.1. The van der Waals surface area contributed by atoms with Crippen LogP contribution in [-0.4, -0.2) is 5.97 Å². The van der Waals surface area contributed by atoms with Crippen LogP contribution in [0.1, 0.15) is 22.8 Å². The molecule has 0 fully saturated rings. The summed E-state index contributed by atoms with van der Waals surface area (Å²) in [7, 11) is 0. The molecule has 2 aromatic rings. The van der Waals surface area contributed by atoms with Crippen molar-refractivity contribution in [3.8, 4) is 5.75 Å². The van der Waals surface area contributed by atoms with Crippen LogP contribution >= 0.6 is 34.8 Å². The van der Waals surface area contributed by atoms with Gasteiger partial charge in [0, 0.05) is 5.02 Å². The summed E-state index contributed by atoms with van der Waals surface area (Å²) < 4.78 is 5.23. The van der Waals surface area contributed by atoms with E-state index in [9.17, 15) is 4.79 Å². The quantitative estimate of drug-likeness (QED) is 0.554. The molecule has 0 heterocycles. The lowest BCUT2D eigenvalue weighted by Crippen LogP contribution is -2.09. The highest BCUT2D eigenvalue weighted by Crippen LogP contribution is 2.36. The smallest absolute Gasteiger partial charge is 0.343 e. The normalized spacial score (nSPS) is 10.4. The predicted molar refractivity (Wildman–Crippen MR) is 82.3 cm³/mol. The van der Waals surface area contributed by atoms with Crippen LogP contribution in [0.4, 0.5) is 0 Å². The molecule has 0 amide bonds. The van der Waals surface area contributed by atoms with E-state index in [0.717, 1.165) is 12.0 Å². The molecule has 0 aromatic heterocycles. The zero-order valence-corrected chi connectivity index (χ0v) is 12.9. The van der Waals surface area contributed by atoms with Gasteiger partial charge in [-0.2, -0.15) is 0 Å². The summed E-state index contributed by atoms with van der Waals surface area (Å²) in [5, 5.41) is 0.772. The first-order chi connectivity index (χ1) is 9.51. The molecule has 20 heavy (non-hydrogen) atoms. The maximum atomic E-state index is 12.0. The van der Waals surface area contributed by atoms with E-state index < -0.39 is 5.97 Å². The third kappa shape index (κ3) is 3.45. The van der Waals surface area contributed by atoms with Gasteiger partial charge in [-0.05, 0) is 36.2 Å². The third-order valence-corrected chi connectivity index (χ3v) is 3.54. The van der Waals surface area contributed by atoms with E-state index >= 15 is 0 Å². The number of esters is 1. The molecule has 5 heteroatoms. The Labute approximate surface area is 132 Å². The van der Waals surface area contributed by atoms with Crippen LogP contribution in [0.15, 0.2) is 36.4 Å². The van der Waals surface area contributed by atoms with Crippen LogP contribution in [-0.2, 0) is 6.42 Å². The number of ether oxygens (including phenoxy) is 1. The number of carbonyl (C=O) groups is 1. The molecule has 2 aromatic carbocycles. The molecule has 0 saturated heterocycles. The summed E-state index contributed by atoms with van der Waals surface area (Å²) in [4.78, 5) is 12.0. The molecule has 0 saturated carbocycles. The average Bonchev–Trinajstić information content (AvgIpc) is 2.42. The molecular weight excluding hydrogens is 319 g/mol. The highest BCUT2D eigenvalue weighted by atomic mass is 35.5. The number of benzene rings is 2. The number of carbonyl (C=O) groups excluding carboxylic acids is 1. The van der Waals surface area contributed by atoms with Gasteiger partial charge in [-0.25, -0.2) is 4.79 Å². The average molecular weight is 330 g/mol. The molecule has 0 atom stereocenters. The lowest BCUT2D eigenvalue weighted by atomic mass is 10.1. The fourth-order valence-corrected chi connectivity index (χ4v) is 2.55. The van der Waals surface area contributed by atoms with Gasteiger partial charge in [0.2, 0.25) is 0 Å². The zero-order chi connectivity index (χ0) is 14.7. The van der Waals surface area contributed by atoms with Crippen LogP contribution in [0.25, 0.3) is 0 Å². The van der Waals surface area contributed by atoms with Crippen molar-refractivity contribution < 1.29 is 9.53 Å². The fourth-order valence-electron chi connectivity index (χ4n) is 1.65. The Kier molecular flexibility index (Phi) is 4.92. The molecule has 104 valence electrons. The van der Waals surface area contributed by atoms with Crippen LogP contribution in [0, 0.1) is 0 Å². The van der Waals surface area contributed by atoms with E-state index in [2.05, 4.69) is 0 Å². The van der Waals surface area contributed by atoms with Crippen molar-refractivity contribution in [2.75, 3.05) is 0 Å². The van der Waals surface area contributed by atoms with Crippen molar-refractivity contribution in [3.05, 3.63) is 62.6 Å². The summed E-state index contributed by atoms with van der Waals surface area (Å²) >= 11 is 17.7. The van der Waals surface area contributed by atoms with Crippen LogP contribution in [0.3, 0.4) is 0 Å². The molecule has 0 unspecified atom stereocenters. The molecule has 0 aliphatic rings. The van der Waals surface area contributed by atoms with Gasteiger partial charge in [0.25, 0.3) is 0 Å². The van der Waals surface area contributed by atoms with Gasteiger partial charge in [-0.1, -0.05) is 53.9 Å². The fraction of sp³-hybridized carbons (Fsp3) is 0.133. The summed E-state index contributed by atoms with van der Waals surface area (Å²) in [5.74, 6) is -0.402. The molecule has 0 radical (unpaired) electrons. The Morgan fingerprint density at radius 1 is 1.05 bits per heavy atom. The Balaban J connectivity index is 2.23. The molecule has 2 rings (SSSR count). The number of hydrogen-bond acceptors (Lipinski definition) is 2. The Hall–Kier alpha value is -1.22. The predicted octanol–water partition coefficient (Wildman–Crippen LogP) is 5.43. The lowest BCUT2D eigenvalue weighted by molar-refractivity contribution is 0.0735. The van der Waals surface area contributed by atoms with Crippen molar-refractivity contribution in [3.63, 3.8) is 0 Å². The molecule has 0 spiro atoms. The van der Waals surface area contributed by atoms with E-state index in [1.807, 2.05) is 19.1 Å². The van der Waals surface area contributed by atoms with Crippen molar-refractivity contribution in [2.45, 2.75) is 13.3 Å². The minimum absolute atomic E-state index is 0.113. The van der Waals surface area contributed by atoms with Gasteiger partial charge in [-0.15, -0.1) is 0 Å². The van der Waals surface area contributed by atoms with Crippen LogP contribution in [0.2, 0.25) is 15.1 Å². The zero-order valence-electron chi connectivity index (χ0n) is 10.6. The highest BCUT2D eigenvalue weighted by molar-refractivity contribution is 6.40. The largest absolute Gasteiger partial charge is 0.420 e. The maximum absolute atomic E-state index is 12.0. The van der Waals surface area contributed by atoms with Gasteiger partial charge >= 0.3 is 5.97 Å². The molecule has 0 N–H and O–H groups in total. The standard InChI is InChI=1S/C15H11Cl3O2/c1-2-9-3-5-10(6-4-9)15(19)20-14-12(17)7-11(16)8-13(14)18/h3-8H,2H2,1H3. The number of hydrogen-bond donors (Lipinski definition) is 0. The first-order valence-corrected chi connectivity index (χ1v) is 7.10. The number of halogens is 3. The second-order valence-corrected chi connectivity index (χ2v) is 5.39. The maximum Gasteiger partial charge on any atom is 0.343 e. The van der Waals surface area contributed by atoms with E-state index in [4.69, 9.17) is 39.5 Å². The third-order valence-electron chi connectivity index (χ3n) is 2.76. The van der Waals surface area contributed by atoms with Crippen LogP contribution < -0.4 is 4.74 Å². The Morgan fingerprint density at radius 2 is 1.60 bits per heavy atom.